The van der Waals surface area contributed by atoms with Crippen LogP contribution in [-0.4, -0.2) is 21.9 Å². The molecule has 0 bridgehead atoms. The molecule has 7 unspecified atom stereocenters. The molecule has 1 fully saturated rings. The van der Waals surface area contributed by atoms with Gasteiger partial charge in [-0.3, -0.25) is 0 Å². The number of aliphatic hydroxyl groups excluding tert-OH is 1. The summed E-state index contributed by atoms with van der Waals surface area (Å²) in [6.45, 7) is 18.1. The molecule has 0 spiro atoms. The maximum Gasteiger partial charge on any atom is 0.0913 e. The lowest BCUT2D eigenvalue weighted by Gasteiger charge is -2.58. The van der Waals surface area contributed by atoms with Crippen molar-refractivity contribution < 1.29 is 10.2 Å². The number of hydrogen-bond acceptors (Lipinski definition) is 2. The van der Waals surface area contributed by atoms with E-state index >= 15 is 0 Å². The Kier molecular flexibility index (Phi) is 5.92. The van der Waals surface area contributed by atoms with Gasteiger partial charge in [-0.1, -0.05) is 58.4 Å². The van der Waals surface area contributed by atoms with Crippen LogP contribution in [0.1, 0.15) is 99.3 Å². The summed E-state index contributed by atoms with van der Waals surface area (Å²) in [7, 11) is 0. The Labute approximate surface area is 190 Å². The Hall–Kier alpha value is -0.860. The number of aliphatic hydroxyl groups is 2. The van der Waals surface area contributed by atoms with Gasteiger partial charge in [0.25, 0.3) is 0 Å². The smallest absolute Gasteiger partial charge is 0.0913 e. The quantitative estimate of drug-likeness (QED) is 0.466. The predicted octanol–water partition coefficient (Wildman–Crippen LogP) is 6.98. The van der Waals surface area contributed by atoms with E-state index in [4.69, 9.17) is 0 Å². The Morgan fingerprint density at radius 1 is 1.10 bits per heavy atom. The molecule has 1 saturated carbocycles. The van der Waals surface area contributed by atoms with Gasteiger partial charge in [-0.25, -0.2) is 0 Å². The lowest BCUT2D eigenvalue weighted by molar-refractivity contribution is -0.164. The van der Waals surface area contributed by atoms with E-state index in [1.54, 1.807) is 16.7 Å². The first-order valence-electron chi connectivity index (χ1n) is 12.9. The summed E-state index contributed by atoms with van der Waals surface area (Å²) in [5.41, 5.74) is 5.69. The molecule has 0 aromatic rings. The van der Waals surface area contributed by atoms with Crippen LogP contribution in [0.2, 0.25) is 0 Å². The Balaban J connectivity index is 1.58. The molecule has 2 N–H and O–H groups in total. The van der Waals surface area contributed by atoms with Crippen LogP contribution in [-0.2, 0) is 0 Å². The maximum absolute atomic E-state index is 11.2. The fourth-order valence-corrected chi connectivity index (χ4v) is 8.14. The molecule has 4 rings (SSSR count). The van der Waals surface area contributed by atoms with Crippen molar-refractivity contribution in [3.63, 3.8) is 0 Å². The van der Waals surface area contributed by atoms with E-state index < -0.39 is 11.7 Å². The molecule has 0 saturated heterocycles. The van der Waals surface area contributed by atoms with Gasteiger partial charge in [-0.15, -0.1) is 0 Å². The first-order chi connectivity index (χ1) is 14.4. The largest absolute Gasteiger partial charge is 0.390 e. The van der Waals surface area contributed by atoms with Crippen LogP contribution >= 0.6 is 0 Å². The monoisotopic (exact) mass is 426 g/mol. The average molecular weight is 427 g/mol. The maximum atomic E-state index is 11.2. The van der Waals surface area contributed by atoms with Gasteiger partial charge in [0, 0.05) is 0 Å². The SMILES string of the molecule is C=C(CCC(C)C1CC=C2C3=C(CCC21C)C1(C)CCC(O)C(C)(O)C1CC3)C(C)C. The second kappa shape index (κ2) is 7.87. The summed E-state index contributed by atoms with van der Waals surface area (Å²) in [6, 6.07) is 0. The molecule has 2 nitrogen and oxygen atoms in total. The van der Waals surface area contributed by atoms with E-state index in [1.165, 1.54) is 31.3 Å². The van der Waals surface area contributed by atoms with Gasteiger partial charge in [-0.2, -0.15) is 0 Å². The van der Waals surface area contributed by atoms with Crippen molar-refractivity contribution in [2.45, 2.75) is 111 Å². The third-order valence-corrected chi connectivity index (χ3v) is 10.5. The zero-order chi connectivity index (χ0) is 22.8. The van der Waals surface area contributed by atoms with Gasteiger partial charge in [0.1, 0.15) is 0 Å². The minimum absolute atomic E-state index is 0.0389. The highest BCUT2D eigenvalue weighted by atomic mass is 16.3. The number of hydrogen-bond donors (Lipinski definition) is 2. The molecule has 7 atom stereocenters. The molecule has 4 aliphatic rings. The summed E-state index contributed by atoms with van der Waals surface area (Å²) in [5.74, 6) is 2.21. The molecule has 0 aromatic heterocycles. The normalized spacial score (nSPS) is 43.3. The summed E-state index contributed by atoms with van der Waals surface area (Å²) >= 11 is 0. The molecular formula is C29H46O2. The predicted molar refractivity (Wildman–Crippen MR) is 130 cm³/mol. The molecule has 0 amide bonds. The van der Waals surface area contributed by atoms with Crippen molar-refractivity contribution >= 4 is 0 Å². The zero-order valence-corrected chi connectivity index (χ0v) is 20.9. The summed E-state index contributed by atoms with van der Waals surface area (Å²) in [4.78, 5) is 0. The van der Waals surface area contributed by atoms with Gasteiger partial charge in [0.15, 0.2) is 0 Å². The van der Waals surface area contributed by atoms with E-state index in [1.807, 2.05) is 6.92 Å². The van der Waals surface area contributed by atoms with Gasteiger partial charge < -0.3 is 10.2 Å². The topological polar surface area (TPSA) is 40.5 Å². The fourth-order valence-electron chi connectivity index (χ4n) is 8.14. The van der Waals surface area contributed by atoms with Crippen LogP contribution in [0.15, 0.2) is 34.9 Å². The highest BCUT2D eigenvalue weighted by Gasteiger charge is 2.58. The summed E-state index contributed by atoms with van der Waals surface area (Å²) < 4.78 is 0. The fraction of sp³-hybridized carbons (Fsp3) is 0.793. The second-order valence-electron chi connectivity index (χ2n) is 12.5. The second-order valence-corrected chi connectivity index (χ2v) is 12.5. The van der Waals surface area contributed by atoms with Crippen molar-refractivity contribution in [1.82, 2.24) is 0 Å². The lowest BCUT2D eigenvalue weighted by Crippen LogP contribution is -2.58. The molecular weight excluding hydrogens is 380 g/mol. The highest BCUT2D eigenvalue weighted by molar-refractivity contribution is 5.50. The van der Waals surface area contributed by atoms with E-state index in [9.17, 15) is 10.2 Å². The minimum Gasteiger partial charge on any atom is -0.390 e. The molecule has 174 valence electrons. The van der Waals surface area contributed by atoms with E-state index in [0.29, 0.717) is 23.7 Å². The average Bonchev–Trinajstić information content (AvgIpc) is 3.06. The summed E-state index contributed by atoms with van der Waals surface area (Å²) in [6.07, 6.45) is 11.8. The van der Waals surface area contributed by atoms with Crippen molar-refractivity contribution in [2.24, 2.45) is 34.5 Å². The standard InChI is InChI=1S/C29H46O2/c1-18(2)19(3)8-9-20(4)22-11-12-23-21-10-13-25-28(6,17-15-26(30)29(25,7)31)24(21)14-16-27(22,23)5/h12,18,20,22,25-26,30-31H,3,8-11,13-17H2,1-2,4-7H3. The van der Waals surface area contributed by atoms with Crippen LogP contribution in [0.3, 0.4) is 0 Å². The number of fused-ring (bicyclic) bond motifs is 4. The van der Waals surface area contributed by atoms with Gasteiger partial charge in [0.05, 0.1) is 11.7 Å². The Morgan fingerprint density at radius 3 is 2.48 bits per heavy atom. The van der Waals surface area contributed by atoms with Crippen molar-refractivity contribution in [3.05, 3.63) is 34.9 Å². The van der Waals surface area contributed by atoms with Crippen molar-refractivity contribution in [3.8, 4) is 0 Å². The highest BCUT2D eigenvalue weighted by Crippen LogP contribution is 2.65. The molecule has 0 aliphatic heterocycles. The molecule has 0 heterocycles. The Morgan fingerprint density at radius 2 is 1.81 bits per heavy atom. The lowest BCUT2D eigenvalue weighted by atomic mass is 9.48. The molecule has 2 heteroatoms. The van der Waals surface area contributed by atoms with Crippen LogP contribution in [0, 0.1) is 34.5 Å². The van der Waals surface area contributed by atoms with Gasteiger partial charge in [0.2, 0.25) is 0 Å². The van der Waals surface area contributed by atoms with Crippen molar-refractivity contribution in [2.75, 3.05) is 0 Å². The van der Waals surface area contributed by atoms with E-state index in [-0.39, 0.29) is 11.3 Å². The van der Waals surface area contributed by atoms with Crippen molar-refractivity contribution in [1.29, 1.82) is 0 Å². The van der Waals surface area contributed by atoms with E-state index in [2.05, 4.69) is 47.3 Å². The van der Waals surface area contributed by atoms with Crippen LogP contribution in [0.5, 0.6) is 0 Å². The zero-order valence-electron chi connectivity index (χ0n) is 20.9. The first kappa shape index (κ1) is 23.3. The number of allylic oxidation sites excluding steroid dienone is 5. The van der Waals surface area contributed by atoms with Crippen LogP contribution in [0.4, 0.5) is 0 Å². The van der Waals surface area contributed by atoms with Crippen LogP contribution < -0.4 is 0 Å². The third-order valence-electron chi connectivity index (χ3n) is 10.5. The minimum atomic E-state index is -0.966. The van der Waals surface area contributed by atoms with Gasteiger partial charge >= 0.3 is 0 Å². The molecule has 4 aliphatic carbocycles. The van der Waals surface area contributed by atoms with E-state index in [0.717, 1.165) is 31.6 Å². The molecule has 0 aromatic carbocycles. The Bertz CT molecular complexity index is 800. The van der Waals surface area contributed by atoms with Crippen LogP contribution in [0.25, 0.3) is 0 Å². The first-order valence-corrected chi connectivity index (χ1v) is 12.9. The third kappa shape index (κ3) is 3.52. The summed E-state index contributed by atoms with van der Waals surface area (Å²) in [5, 5.41) is 21.7. The van der Waals surface area contributed by atoms with Gasteiger partial charge in [-0.05, 0) is 110 Å². The molecule has 31 heavy (non-hydrogen) atoms. The number of rotatable bonds is 5. The molecule has 0 radical (unpaired) electrons.